The molecule has 1 aromatic heterocycles. The molecule has 0 atom stereocenters. The summed E-state index contributed by atoms with van der Waals surface area (Å²) in [6, 6.07) is 7.41. The van der Waals surface area contributed by atoms with Gasteiger partial charge in [-0.25, -0.2) is 4.39 Å². The Labute approximate surface area is 173 Å². The highest BCUT2D eigenvalue weighted by Crippen LogP contribution is 2.43. The Morgan fingerprint density at radius 3 is 1.76 bits per heavy atom. The molecule has 0 unspecified atom stereocenters. The minimum absolute atomic E-state index is 0.212. The number of nitrogens with zero attached hydrogens (tertiary/aromatic N) is 1. The van der Waals surface area contributed by atoms with E-state index in [2.05, 4.69) is 4.98 Å². The first kappa shape index (κ1) is 19.0. The number of hydrogen-bond acceptors (Lipinski definition) is 1. The lowest BCUT2D eigenvalue weighted by atomic mass is 9.99. The first-order chi connectivity index (χ1) is 11.8. The molecule has 0 aliphatic rings. The molecule has 0 aliphatic carbocycles. The summed E-state index contributed by atoms with van der Waals surface area (Å²) in [5.41, 5.74) is 1.54. The Hall–Kier alpha value is -0.740. The molecule has 0 saturated heterocycles. The Bertz CT molecular complexity index is 989. The fourth-order valence-corrected chi connectivity index (χ4v) is 3.74. The summed E-state index contributed by atoms with van der Waals surface area (Å²) in [4.78, 5) is 4.15. The number of aromatic nitrogens is 1. The quantitative estimate of drug-likeness (QED) is 0.353. The van der Waals surface area contributed by atoms with E-state index in [1.807, 2.05) is 0 Å². The topological polar surface area (TPSA) is 12.9 Å². The van der Waals surface area contributed by atoms with Gasteiger partial charge in [0.05, 0.1) is 32.0 Å². The van der Waals surface area contributed by atoms with Crippen molar-refractivity contribution in [3.05, 3.63) is 72.5 Å². The van der Waals surface area contributed by atoms with Gasteiger partial charge in [-0.3, -0.25) is 4.98 Å². The summed E-state index contributed by atoms with van der Waals surface area (Å²) in [5.74, 6) is -0.560. The highest BCUT2D eigenvalue weighted by Gasteiger charge is 2.19. The van der Waals surface area contributed by atoms with Crippen molar-refractivity contribution in [3.63, 3.8) is 0 Å². The minimum atomic E-state index is -0.560. The van der Waals surface area contributed by atoms with Gasteiger partial charge in [0.25, 0.3) is 0 Å². The van der Waals surface area contributed by atoms with E-state index in [0.717, 1.165) is 6.20 Å². The molecule has 0 saturated carbocycles. The van der Waals surface area contributed by atoms with E-state index in [0.29, 0.717) is 32.4 Å². The molecule has 0 N–H and O–H groups in total. The molecule has 25 heavy (non-hydrogen) atoms. The number of hydrogen-bond donors (Lipinski definition) is 0. The molecular formula is C17H6Cl6FN. The summed E-state index contributed by atoms with van der Waals surface area (Å²) in [5, 5.41) is 1.62. The van der Waals surface area contributed by atoms with Gasteiger partial charge in [0.2, 0.25) is 0 Å². The lowest BCUT2D eigenvalue weighted by Crippen LogP contribution is -1.94. The van der Waals surface area contributed by atoms with Gasteiger partial charge in [-0.05, 0) is 30.3 Å². The van der Waals surface area contributed by atoms with Crippen molar-refractivity contribution in [1.82, 2.24) is 4.98 Å². The van der Waals surface area contributed by atoms with Gasteiger partial charge < -0.3 is 0 Å². The van der Waals surface area contributed by atoms with Crippen LogP contribution in [0.25, 0.3) is 22.4 Å². The first-order valence-corrected chi connectivity index (χ1v) is 9.00. The third-order valence-electron chi connectivity index (χ3n) is 3.39. The number of halogens is 7. The predicted molar refractivity (Wildman–Crippen MR) is 105 cm³/mol. The molecule has 8 heteroatoms. The number of benzene rings is 2. The van der Waals surface area contributed by atoms with Gasteiger partial charge in [0.15, 0.2) is 0 Å². The zero-order valence-corrected chi connectivity index (χ0v) is 16.6. The Morgan fingerprint density at radius 2 is 1.16 bits per heavy atom. The highest BCUT2D eigenvalue weighted by atomic mass is 35.5. The standard InChI is InChI=1S/C17H6Cl6FN/c18-7-1-10(15(22)13(20)3-7)11-5-9(24)6-25-17(11)12-2-8(19)4-14(21)16(12)23/h1-6H. The van der Waals surface area contributed by atoms with Crippen molar-refractivity contribution in [2.24, 2.45) is 0 Å². The van der Waals surface area contributed by atoms with Crippen LogP contribution in [-0.2, 0) is 0 Å². The molecule has 3 aromatic rings. The van der Waals surface area contributed by atoms with Crippen LogP contribution in [-0.4, -0.2) is 4.98 Å². The van der Waals surface area contributed by atoms with Crippen molar-refractivity contribution in [2.75, 3.05) is 0 Å². The van der Waals surface area contributed by atoms with Crippen molar-refractivity contribution in [1.29, 1.82) is 0 Å². The third-order valence-corrected chi connectivity index (χ3v) is 5.43. The van der Waals surface area contributed by atoms with E-state index >= 15 is 0 Å². The minimum Gasteiger partial charge on any atom is -0.252 e. The third kappa shape index (κ3) is 3.85. The zero-order chi connectivity index (χ0) is 18.3. The lowest BCUT2D eigenvalue weighted by Gasteiger charge is -2.14. The van der Waals surface area contributed by atoms with E-state index in [1.54, 1.807) is 12.1 Å². The Morgan fingerprint density at radius 1 is 0.640 bits per heavy atom. The maximum Gasteiger partial charge on any atom is 0.142 e. The molecule has 0 fully saturated rings. The number of pyridine rings is 1. The molecular weight excluding hydrogens is 450 g/mol. The maximum atomic E-state index is 13.9. The predicted octanol–water partition coefficient (Wildman–Crippen LogP) is 8.48. The van der Waals surface area contributed by atoms with Crippen LogP contribution >= 0.6 is 69.6 Å². The zero-order valence-electron chi connectivity index (χ0n) is 12.1. The molecule has 1 heterocycles. The highest BCUT2D eigenvalue weighted by molar-refractivity contribution is 6.46. The van der Waals surface area contributed by atoms with Crippen LogP contribution in [0.5, 0.6) is 0 Å². The molecule has 0 amide bonds. The Kier molecular flexibility index (Phi) is 5.69. The van der Waals surface area contributed by atoms with Crippen LogP contribution in [0.2, 0.25) is 30.1 Å². The second kappa shape index (κ2) is 7.48. The SMILES string of the molecule is Fc1cnc(-c2cc(Cl)cc(Cl)c2Cl)c(-c2cc(Cl)cc(Cl)c2Cl)c1. The van der Waals surface area contributed by atoms with Crippen molar-refractivity contribution < 1.29 is 4.39 Å². The van der Waals surface area contributed by atoms with Crippen LogP contribution in [0.3, 0.4) is 0 Å². The smallest absolute Gasteiger partial charge is 0.142 e. The van der Waals surface area contributed by atoms with E-state index < -0.39 is 5.82 Å². The van der Waals surface area contributed by atoms with Crippen molar-refractivity contribution in [3.8, 4) is 22.4 Å². The largest absolute Gasteiger partial charge is 0.252 e. The summed E-state index contributed by atoms with van der Waals surface area (Å²) in [6.45, 7) is 0. The summed E-state index contributed by atoms with van der Waals surface area (Å²) in [6.07, 6.45) is 1.06. The summed E-state index contributed by atoms with van der Waals surface area (Å²) in [7, 11) is 0. The van der Waals surface area contributed by atoms with Crippen LogP contribution in [0.15, 0.2) is 36.5 Å². The molecule has 2 aromatic carbocycles. The normalized spacial score (nSPS) is 11.0. The fourth-order valence-electron chi connectivity index (χ4n) is 2.34. The van der Waals surface area contributed by atoms with E-state index in [1.165, 1.54) is 18.2 Å². The molecule has 0 radical (unpaired) electrons. The van der Waals surface area contributed by atoms with Crippen molar-refractivity contribution >= 4 is 69.6 Å². The summed E-state index contributed by atoms with van der Waals surface area (Å²) >= 11 is 36.9. The molecule has 0 aliphatic heterocycles. The van der Waals surface area contributed by atoms with Crippen LogP contribution < -0.4 is 0 Å². The van der Waals surface area contributed by atoms with Crippen LogP contribution in [0.1, 0.15) is 0 Å². The van der Waals surface area contributed by atoms with Gasteiger partial charge in [-0.15, -0.1) is 0 Å². The molecule has 3 rings (SSSR count). The second-order valence-corrected chi connectivity index (χ2v) is 7.49. The average Bonchev–Trinajstić information content (AvgIpc) is 2.54. The van der Waals surface area contributed by atoms with Gasteiger partial charge >= 0.3 is 0 Å². The van der Waals surface area contributed by atoms with E-state index in [9.17, 15) is 4.39 Å². The molecule has 0 spiro atoms. The maximum absolute atomic E-state index is 13.9. The molecule has 1 nitrogen and oxygen atoms in total. The van der Waals surface area contributed by atoms with Crippen LogP contribution in [0, 0.1) is 5.82 Å². The van der Waals surface area contributed by atoms with E-state index in [-0.39, 0.29) is 20.1 Å². The average molecular weight is 456 g/mol. The number of rotatable bonds is 2. The van der Waals surface area contributed by atoms with E-state index in [4.69, 9.17) is 69.6 Å². The van der Waals surface area contributed by atoms with Crippen LogP contribution in [0.4, 0.5) is 4.39 Å². The Balaban J connectivity index is 2.36. The van der Waals surface area contributed by atoms with Gasteiger partial charge in [-0.2, -0.15) is 0 Å². The molecule has 0 bridgehead atoms. The van der Waals surface area contributed by atoms with Gasteiger partial charge in [0, 0.05) is 26.7 Å². The van der Waals surface area contributed by atoms with Gasteiger partial charge in [0.1, 0.15) is 5.82 Å². The lowest BCUT2D eigenvalue weighted by molar-refractivity contribution is 0.622. The molecule has 128 valence electrons. The monoisotopic (exact) mass is 453 g/mol. The first-order valence-electron chi connectivity index (χ1n) is 6.73. The second-order valence-electron chi connectivity index (χ2n) is 5.05. The fraction of sp³-hybridized carbons (Fsp3) is 0. The summed E-state index contributed by atoms with van der Waals surface area (Å²) < 4.78 is 13.9. The van der Waals surface area contributed by atoms with Gasteiger partial charge in [-0.1, -0.05) is 69.6 Å². The van der Waals surface area contributed by atoms with Crippen molar-refractivity contribution in [2.45, 2.75) is 0 Å².